The Morgan fingerprint density at radius 2 is 2.03 bits per heavy atom. The van der Waals surface area contributed by atoms with Gasteiger partial charge in [-0.1, -0.05) is 36.3 Å². The number of benzene rings is 1. The fourth-order valence-electron chi connectivity index (χ4n) is 3.57. The first kappa shape index (κ1) is 20.8. The fourth-order valence-corrected chi connectivity index (χ4v) is 3.57. The molecule has 1 aliphatic heterocycles. The Hall–Kier alpha value is -2.91. The summed E-state index contributed by atoms with van der Waals surface area (Å²) < 4.78 is 0. The van der Waals surface area contributed by atoms with Gasteiger partial charge in [-0.3, -0.25) is 4.90 Å². The Morgan fingerprint density at radius 3 is 2.76 bits per heavy atom. The molecule has 6 nitrogen and oxygen atoms in total. The van der Waals surface area contributed by atoms with Crippen LogP contribution in [0.2, 0.25) is 0 Å². The van der Waals surface area contributed by atoms with E-state index in [1.165, 1.54) is 0 Å². The maximum atomic E-state index is 12.4. The van der Waals surface area contributed by atoms with Crippen molar-refractivity contribution < 1.29 is 4.79 Å². The maximum Gasteiger partial charge on any atom is 0.317 e. The monoisotopic (exact) mass is 391 g/mol. The van der Waals surface area contributed by atoms with Crippen molar-refractivity contribution in [2.24, 2.45) is 0 Å². The topological polar surface area (TPSA) is 61.4 Å². The molecular formula is C23H29N5O. The fraction of sp³-hybridized carbons (Fsp3) is 0.435. The number of amides is 2. The van der Waals surface area contributed by atoms with Crippen molar-refractivity contribution in [1.82, 2.24) is 25.1 Å². The Labute approximate surface area is 173 Å². The maximum absolute atomic E-state index is 12.4. The van der Waals surface area contributed by atoms with Gasteiger partial charge in [0.2, 0.25) is 0 Å². The standard InChI is InChI=1S/C23H29N5O/c1-3-15-27(2)16-7-13-25-23(29)28-17-11-20(12-18-28)22-24-14-10-21(26-22)19-8-5-4-6-9-19/h1,4-6,8-10,14,20H,7,11-13,15-18H2,2H3,(H,25,29). The molecule has 2 aromatic rings. The largest absolute Gasteiger partial charge is 0.338 e. The molecule has 152 valence electrons. The molecule has 1 N–H and O–H groups in total. The van der Waals surface area contributed by atoms with Gasteiger partial charge in [0.1, 0.15) is 5.82 Å². The number of carbonyl (C=O) groups excluding carboxylic acids is 1. The van der Waals surface area contributed by atoms with Crippen LogP contribution < -0.4 is 5.32 Å². The average Bonchev–Trinajstić information content (AvgIpc) is 2.77. The molecule has 0 spiro atoms. The molecule has 6 heteroatoms. The molecular weight excluding hydrogens is 362 g/mol. The van der Waals surface area contributed by atoms with Gasteiger partial charge in [-0.2, -0.15) is 0 Å². The van der Waals surface area contributed by atoms with Crippen LogP contribution in [0.15, 0.2) is 42.6 Å². The van der Waals surface area contributed by atoms with E-state index in [-0.39, 0.29) is 6.03 Å². The first-order valence-corrected chi connectivity index (χ1v) is 10.2. The van der Waals surface area contributed by atoms with E-state index in [9.17, 15) is 4.79 Å². The first-order valence-electron chi connectivity index (χ1n) is 10.2. The Morgan fingerprint density at radius 1 is 1.28 bits per heavy atom. The smallest absolute Gasteiger partial charge is 0.317 e. The van der Waals surface area contributed by atoms with Crippen molar-refractivity contribution in [3.05, 3.63) is 48.4 Å². The van der Waals surface area contributed by atoms with Crippen LogP contribution in [0.1, 0.15) is 31.0 Å². The van der Waals surface area contributed by atoms with Crippen LogP contribution in [0.5, 0.6) is 0 Å². The minimum absolute atomic E-state index is 0.0157. The van der Waals surface area contributed by atoms with Crippen molar-refractivity contribution in [3.8, 4) is 23.6 Å². The molecule has 2 amide bonds. The number of nitrogens with one attached hydrogen (secondary N) is 1. The second-order valence-electron chi connectivity index (χ2n) is 7.45. The van der Waals surface area contributed by atoms with E-state index in [0.29, 0.717) is 19.0 Å². The minimum atomic E-state index is 0.0157. The predicted molar refractivity (Wildman–Crippen MR) is 115 cm³/mol. The second kappa shape index (κ2) is 10.6. The SMILES string of the molecule is C#CCN(C)CCCNC(=O)N1CCC(c2nccc(-c3ccccc3)n2)CC1. The van der Waals surface area contributed by atoms with Gasteiger partial charge in [-0.05, 0) is 32.4 Å². The second-order valence-corrected chi connectivity index (χ2v) is 7.45. The van der Waals surface area contributed by atoms with Crippen LogP contribution in [-0.4, -0.2) is 65.6 Å². The van der Waals surface area contributed by atoms with E-state index < -0.39 is 0 Å². The van der Waals surface area contributed by atoms with Gasteiger partial charge in [0, 0.05) is 43.9 Å². The van der Waals surface area contributed by atoms with Crippen LogP contribution in [0.3, 0.4) is 0 Å². The lowest BCUT2D eigenvalue weighted by Gasteiger charge is -2.31. The van der Waals surface area contributed by atoms with Crippen LogP contribution >= 0.6 is 0 Å². The molecule has 3 rings (SSSR count). The zero-order valence-electron chi connectivity index (χ0n) is 17.1. The minimum Gasteiger partial charge on any atom is -0.338 e. The predicted octanol–water partition coefficient (Wildman–Crippen LogP) is 2.99. The summed E-state index contributed by atoms with van der Waals surface area (Å²) in [5.41, 5.74) is 2.05. The van der Waals surface area contributed by atoms with E-state index in [1.807, 2.05) is 42.4 Å². The first-order chi connectivity index (χ1) is 14.2. The number of likely N-dealkylation sites (tertiary alicyclic amines) is 1. The number of piperidine rings is 1. The van der Waals surface area contributed by atoms with Crippen LogP contribution in [0, 0.1) is 12.3 Å². The van der Waals surface area contributed by atoms with E-state index in [0.717, 1.165) is 56.0 Å². The zero-order valence-corrected chi connectivity index (χ0v) is 17.1. The molecule has 1 aliphatic rings. The molecule has 0 unspecified atom stereocenters. The summed E-state index contributed by atoms with van der Waals surface area (Å²) in [4.78, 5) is 25.6. The van der Waals surface area contributed by atoms with Crippen molar-refractivity contribution in [1.29, 1.82) is 0 Å². The van der Waals surface area contributed by atoms with E-state index in [1.54, 1.807) is 0 Å². The number of terminal acetylenes is 1. The van der Waals surface area contributed by atoms with Gasteiger partial charge in [0.05, 0.1) is 12.2 Å². The van der Waals surface area contributed by atoms with Gasteiger partial charge >= 0.3 is 6.03 Å². The van der Waals surface area contributed by atoms with E-state index in [2.05, 4.69) is 33.3 Å². The molecule has 0 saturated carbocycles. The number of hydrogen-bond donors (Lipinski definition) is 1. The number of aromatic nitrogens is 2. The summed E-state index contributed by atoms with van der Waals surface area (Å²) in [5, 5.41) is 3.01. The molecule has 29 heavy (non-hydrogen) atoms. The highest BCUT2D eigenvalue weighted by atomic mass is 16.2. The summed E-state index contributed by atoms with van der Waals surface area (Å²) in [6, 6.07) is 12.1. The Kier molecular flexibility index (Phi) is 7.60. The highest BCUT2D eigenvalue weighted by molar-refractivity contribution is 5.74. The Bertz CT molecular complexity index is 825. The van der Waals surface area contributed by atoms with Crippen molar-refractivity contribution in [2.75, 3.05) is 39.8 Å². The summed E-state index contributed by atoms with van der Waals surface area (Å²) >= 11 is 0. The Balaban J connectivity index is 1.46. The van der Waals surface area contributed by atoms with Gasteiger partial charge < -0.3 is 10.2 Å². The molecule has 1 fully saturated rings. The van der Waals surface area contributed by atoms with Crippen LogP contribution in [0.4, 0.5) is 4.79 Å². The molecule has 1 aromatic carbocycles. The summed E-state index contributed by atoms with van der Waals surface area (Å²) in [6.07, 6.45) is 9.79. The lowest BCUT2D eigenvalue weighted by Crippen LogP contribution is -2.44. The van der Waals surface area contributed by atoms with Crippen molar-refractivity contribution in [2.45, 2.75) is 25.2 Å². The molecule has 0 aliphatic carbocycles. The van der Waals surface area contributed by atoms with E-state index >= 15 is 0 Å². The number of rotatable bonds is 7. The third-order valence-corrected chi connectivity index (χ3v) is 5.25. The third-order valence-electron chi connectivity index (χ3n) is 5.25. The number of nitrogens with zero attached hydrogens (tertiary/aromatic N) is 4. The van der Waals surface area contributed by atoms with E-state index in [4.69, 9.17) is 11.4 Å². The van der Waals surface area contributed by atoms with Crippen LogP contribution in [0.25, 0.3) is 11.3 Å². The average molecular weight is 392 g/mol. The third kappa shape index (κ3) is 6.03. The molecule has 1 saturated heterocycles. The number of urea groups is 1. The van der Waals surface area contributed by atoms with Crippen molar-refractivity contribution >= 4 is 6.03 Å². The van der Waals surface area contributed by atoms with Crippen molar-refractivity contribution in [3.63, 3.8) is 0 Å². The van der Waals surface area contributed by atoms with Gasteiger partial charge in [0.15, 0.2) is 0 Å². The lowest BCUT2D eigenvalue weighted by molar-refractivity contribution is 0.180. The molecule has 0 radical (unpaired) electrons. The normalized spacial score (nSPS) is 14.6. The number of carbonyl (C=O) groups is 1. The molecule has 1 aromatic heterocycles. The summed E-state index contributed by atoms with van der Waals surface area (Å²) in [5.74, 6) is 3.79. The zero-order chi connectivity index (χ0) is 20.5. The summed E-state index contributed by atoms with van der Waals surface area (Å²) in [7, 11) is 1.99. The van der Waals surface area contributed by atoms with Gasteiger partial charge in [0.25, 0.3) is 0 Å². The van der Waals surface area contributed by atoms with Crippen LogP contribution in [-0.2, 0) is 0 Å². The summed E-state index contributed by atoms with van der Waals surface area (Å²) in [6.45, 7) is 3.63. The molecule has 0 bridgehead atoms. The molecule has 0 atom stereocenters. The quantitative estimate of drug-likeness (QED) is 0.582. The molecule has 2 heterocycles. The van der Waals surface area contributed by atoms with Gasteiger partial charge in [-0.25, -0.2) is 14.8 Å². The lowest BCUT2D eigenvalue weighted by atomic mass is 9.96. The number of hydrogen-bond acceptors (Lipinski definition) is 4. The highest BCUT2D eigenvalue weighted by Gasteiger charge is 2.25. The van der Waals surface area contributed by atoms with Gasteiger partial charge in [-0.15, -0.1) is 6.42 Å². The highest BCUT2D eigenvalue weighted by Crippen LogP contribution is 2.27.